The Bertz CT molecular complexity index is 846. The van der Waals surface area contributed by atoms with Gasteiger partial charge in [0.1, 0.15) is 6.54 Å². The third kappa shape index (κ3) is 4.02. The second-order valence-electron chi connectivity index (χ2n) is 6.15. The van der Waals surface area contributed by atoms with Crippen LogP contribution < -0.4 is 9.62 Å². The van der Waals surface area contributed by atoms with Gasteiger partial charge in [-0.3, -0.25) is 9.10 Å². The highest BCUT2D eigenvalue weighted by Crippen LogP contribution is 2.27. The molecule has 1 saturated carbocycles. The van der Waals surface area contributed by atoms with Gasteiger partial charge >= 0.3 is 0 Å². The number of anilines is 1. The van der Waals surface area contributed by atoms with Crippen LogP contribution in [0.3, 0.4) is 0 Å². The van der Waals surface area contributed by atoms with E-state index in [0.717, 1.165) is 18.4 Å². The van der Waals surface area contributed by atoms with E-state index in [1.165, 1.54) is 4.31 Å². The van der Waals surface area contributed by atoms with Gasteiger partial charge in [0.05, 0.1) is 10.6 Å². The fraction of sp³-hybridized carbons (Fsp3) is 0.316. The molecule has 0 spiro atoms. The Labute approximate surface area is 148 Å². The fourth-order valence-electron chi connectivity index (χ4n) is 2.70. The number of benzene rings is 2. The monoisotopic (exact) mass is 358 g/mol. The van der Waals surface area contributed by atoms with Gasteiger partial charge < -0.3 is 5.32 Å². The lowest BCUT2D eigenvalue weighted by atomic mass is 10.1. The number of rotatable bonds is 7. The van der Waals surface area contributed by atoms with Crippen molar-refractivity contribution in [2.24, 2.45) is 0 Å². The summed E-state index contributed by atoms with van der Waals surface area (Å²) in [6, 6.07) is 15.7. The lowest BCUT2D eigenvalue weighted by Crippen LogP contribution is -2.42. The van der Waals surface area contributed by atoms with E-state index < -0.39 is 10.0 Å². The first-order valence-corrected chi connectivity index (χ1v) is 9.91. The van der Waals surface area contributed by atoms with Crippen LogP contribution in [-0.4, -0.2) is 26.9 Å². The number of para-hydroxylation sites is 1. The van der Waals surface area contributed by atoms with Crippen molar-refractivity contribution in [2.45, 2.75) is 37.1 Å². The standard InChI is InChI=1S/C19H22N2O3S/c1-2-15-8-6-7-11-18(15)21(14-19(22)20-16-12-13-16)25(23,24)17-9-4-3-5-10-17/h3-11,16H,2,12-14H2,1H3,(H,20,22). The Morgan fingerprint density at radius 2 is 1.72 bits per heavy atom. The average molecular weight is 358 g/mol. The molecule has 0 unspecified atom stereocenters. The molecule has 2 aromatic carbocycles. The van der Waals surface area contributed by atoms with Crippen molar-refractivity contribution in [3.63, 3.8) is 0 Å². The maximum atomic E-state index is 13.2. The number of aryl methyl sites for hydroxylation is 1. The zero-order valence-corrected chi connectivity index (χ0v) is 15.0. The van der Waals surface area contributed by atoms with E-state index in [0.29, 0.717) is 12.1 Å². The van der Waals surface area contributed by atoms with Crippen LogP contribution in [0.25, 0.3) is 0 Å². The lowest BCUT2D eigenvalue weighted by molar-refractivity contribution is -0.119. The van der Waals surface area contributed by atoms with Crippen LogP contribution in [0.15, 0.2) is 59.5 Å². The van der Waals surface area contributed by atoms with Gasteiger partial charge in [0.2, 0.25) is 5.91 Å². The van der Waals surface area contributed by atoms with Crippen molar-refractivity contribution in [2.75, 3.05) is 10.8 Å². The second kappa shape index (κ2) is 7.27. The summed E-state index contributed by atoms with van der Waals surface area (Å²) in [7, 11) is -3.82. The normalized spacial score (nSPS) is 14.1. The Morgan fingerprint density at radius 1 is 1.08 bits per heavy atom. The van der Waals surface area contributed by atoms with E-state index in [4.69, 9.17) is 0 Å². The molecular weight excluding hydrogens is 336 g/mol. The summed E-state index contributed by atoms with van der Waals surface area (Å²) < 4.78 is 27.6. The number of nitrogens with zero attached hydrogens (tertiary/aromatic N) is 1. The molecule has 1 aliphatic carbocycles. The van der Waals surface area contributed by atoms with Crippen LogP contribution in [0.5, 0.6) is 0 Å². The van der Waals surface area contributed by atoms with E-state index in [1.54, 1.807) is 42.5 Å². The van der Waals surface area contributed by atoms with Crippen LogP contribution in [-0.2, 0) is 21.2 Å². The summed E-state index contributed by atoms with van der Waals surface area (Å²) in [5.41, 5.74) is 1.45. The summed E-state index contributed by atoms with van der Waals surface area (Å²) in [5.74, 6) is -0.270. The molecule has 1 amide bonds. The van der Waals surface area contributed by atoms with Crippen LogP contribution in [0, 0.1) is 0 Å². The summed E-state index contributed by atoms with van der Waals surface area (Å²) in [5, 5.41) is 2.87. The summed E-state index contributed by atoms with van der Waals surface area (Å²) in [4.78, 5) is 12.5. The summed E-state index contributed by atoms with van der Waals surface area (Å²) in [6.07, 6.45) is 2.60. The van der Waals surface area contributed by atoms with Gasteiger partial charge in [-0.15, -0.1) is 0 Å². The Hall–Kier alpha value is -2.34. The van der Waals surface area contributed by atoms with Crippen LogP contribution in [0.2, 0.25) is 0 Å². The minimum absolute atomic E-state index is 0.181. The first-order valence-electron chi connectivity index (χ1n) is 8.47. The molecule has 5 nitrogen and oxygen atoms in total. The molecule has 1 aliphatic rings. The largest absolute Gasteiger partial charge is 0.352 e. The van der Waals surface area contributed by atoms with Gasteiger partial charge in [0.15, 0.2) is 0 Å². The topological polar surface area (TPSA) is 66.5 Å². The third-order valence-electron chi connectivity index (χ3n) is 4.20. The van der Waals surface area contributed by atoms with E-state index in [2.05, 4.69) is 5.32 Å². The number of nitrogens with one attached hydrogen (secondary N) is 1. The second-order valence-corrected chi connectivity index (χ2v) is 8.01. The first kappa shape index (κ1) is 17.5. The van der Waals surface area contributed by atoms with Gasteiger partial charge in [0, 0.05) is 6.04 Å². The molecular formula is C19H22N2O3S. The molecule has 0 heterocycles. The van der Waals surface area contributed by atoms with Crippen molar-refractivity contribution in [3.05, 3.63) is 60.2 Å². The molecule has 0 aromatic heterocycles. The minimum atomic E-state index is -3.82. The highest BCUT2D eigenvalue weighted by atomic mass is 32.2. The van der Waals surface area contributed by atoms with Crippen molar-refractivity contribution in [3.8, 4) is 0 Å². The maximum absolute atomic E-state index is 13.2. The minimum Gasteiger partial charge on any atom is -0.352 e. The summed E-state index contributed by atoms with van der Waals surface area (Å²) in [6.45, 7) is 1.75. The fourth-order valence-corrected chi connectivity index (χ4v) is 4.18. The molecule has 0 radical (unpaired) electrons. The SMILES string of the molecule is CCc1ccccc1N(CC(=O)NC1CC1)S(=O)(=O)c1ccccc1. The number of sulfonamides is 1. The quantitative estimate of drug-likeness (QED) is 0.828. The molecule has 132 valence electrons. The van der Waals surface area contributed by atoms with E-state index in [-0.39, 0.29) is 23.4 Å². The smallest absolute Gasteiger partial charge is 0.264 e. The molecule has 1 fully saturated rings. The predicted octanol–water partition coefficient (Wildman–Crippen LogP) is 2.72. The van der Waals surface area contributed by atoms with Crippen molar-refractivity contribution in [1.82, 2.24) is 5.32 Å². The summed E-state index contributed by atoms with van der Waals surface area (Å²) >= 11 is 0. The van der Waals surface area contributed by atoms with E-state index in [1.807, 2.05) is 19.1 Å². The molecule has 25 heavy (non-hydrogen) atoms. The first-order chi connectivity index (χ1) is 12.0. The Kier molecular flexibility index (Phi) is 5.08. The van der Waals surface area contributed by atoms with E-state index in [9.17, 15) is 13.2 Å². The number of hydrogen-bond donors (Lipinski definition) is 1. The zero-order valence-electron chi connectivity index (χ0n) is 14.2. The highest BCUT2D eigenvalue weighted by molar-refractivity contribution is 7.92. The highest BCUT2D eigenvalue weighted by Gasteiger charge is 2.30. The molecule has 0 atom stereocenters. The van der Waals surface area contributed by atoms with Crippen LogP contribution >= 0.6 is 0 Å². The van der Waals surface area contributed by atoms with Crippen LogP contribution in [0.4, 0.5) is 5.69 Å². The molecule has 3 rings (SSSR count). The number of hydrogen-bond acceptors (Lipinski definition) is 3. The number of amides is 1. The molecule has 0 aliphatic heterocycles. The molecule has 0 bridgehead atoms. The predicted molar refractivity (Wildman–Crippen MR) is 98.0 cm³/mol. The van der Waals surface area contributed by atoms with Crippen molar-refractivity contribution >= 4 is 21.6 Å². The number of carbonyl (C=O) groups is 1. The lowest BCUT2D eigenvalue weighted by Gasteiger charge is -2.26. The Morgan fingerprint density at radius 3 is 2.36 bits per heavy atom. The third-order valence-corrected chi connectivity index (χ3v) is 5.98. The molecule has 2 aromatic rings. The van der Waals surface area contributed by atoms with Gasteiger partial charge in [-0.1, -0.05) is 43.3 Å². The maximum Gasteiger partial charge on any atom is 0.264 e. The van der Waals surface area contributed by atoms with Crippen molar-refractivity contribution in [1.29, 1.82) is 0 Å². The van der Waals surface area contributed by atoms with Gasteiger partial charge in [-0.25, -0.2) is 8.42 Å². The number of carbonyl (C=O) groups excluding carboxylic acids is 1. The van der Waals surface area contributed by atoms with Crippen LogP contribution in [0.1, 0.15) is 25.3 Å². The zero-order chi connectivity index (χ0) is 17.9. The molecule has 0 saturated heterocycles. The molecule has 1 N–H and O–H groups in total. The van der Waals surface area contributed by atoms with Crippen molar-refractivity contribution < 1.29 is 13.2 Å². The average Bonchev–Trinajstić information content (AvgIpc) is 3.44. The Balaban J connectivity index is 2.00. The van der Waals surface area contributed by atoms with E-state index >= 15 is 0 Å². The van der Waals surface area contributed by atoms with Gasteiger partial charge in [-0.2, -0.15) is 0 Å². The van der Waals surface area contributed by atoms with Gasteiger partial charge in [0.25, 0.3) is 10.0 Å². The van der Waals surface area contributed by atoms with Gasteiger partial charge in [-0.05, 0) is 43.0 Å². The molecule has 6 heteroatoms.